The predicted octanol–water partition coefficient (Wildman–Crippen LogP) is 3.09. The summed E-state index contributed by atoms with van der Waals surface area (Å²) in [5.41, 5.74) is -3.93. The Kier molecular flexibility index (Phi) is 5.14. The van der Waals surface area contributed by atoms with Gasteiger partial charge in [0.2, 0.25) is 0 Å². The predicted molar refractivity (Wildman–Crippen MR) is 96.7 cm³/mol. The van der Waals surface area contributed by atoms with Crippen molar-refractivity contribution in [1.29, 1.82) is 0 Å². The van der Waals surface area contributed by atoms with E-state index < -0.39 is 29.7 Å². The fourth-order valence-corrected chi connectivity index (χ4v) is 2.81. The van der Waals surface area contributed by atoms with Crippen LogP contribution in [0, 0.1) is 0 Å². The average molecular weight is 428 g/mol. The molecule has 1 saturated heterocycles. The highest BCUT2D eigenvalue weighted by Crippen LogP contribution is 2.36. The van der Waals surface area contributed by atoms with Crippen LogP contribution >= 0.6 is 11.6 Å². The highest BCUT2D eigenvalue weighted by Gasteiger charge is 2.69. The summed E-state index contributed by atoms with van der Waals surface area (Å²) in [7, 11) is 1.38. The molecule has 1 aliphatic heterocycles. The van der Waals surface area contributed by atoms with E-state index in [9.17, 15) is 27.6 Å². The lowest BCUT2D eigenvalue weighted by molar-refractivity contribution is -0.197. The summed E-state index contributed by atoms with van der Waals surface area (Å²) >= 11 is 5.73. The minimum absolute atomic E-state index is 0.137. The van der Waals surface area contributed by atoms with Crippen LogP contribution in [0.1, 0.15) is 10.4 Å². The molecule has 1 heterocycles. The van der Waals surface area contributed by atoms with E-state index in [0.29, 0.717) is 5.75 Å². The number of imide groups is 1. The van der Waals surface area contributed by atoms with E-state index in [1.54, 1.807) is 10.6 Å². The third kappa shape index (κ3) is 3.58. The second-order valence-corrected chi connectivity index (χ2v) is 6.41. The van der Waals surface area contributed by atoms with E-state index in [-0.39, 0.29) is 21.2 Å². The first-order valence-electron chi connectivity index (χ1n) is 8.04. The van der Waals surface area contributed by atoms with E-state index in [0.717, 1.165) is 0 Å². The van der Waals surface area contributed by atoms with Crippen molar-refractivity contribution < 1.29 is 32.3 Å². The van der Waals surface area contributed by atoms with Crippen molar-refractivity contribution in [1.82, 2.24) is 10.6 Å². The third-order valence-corrected chi connectivity index (χ3v) is 4.44. The van der Waals surface area contributed by atoms with Crippen LogP contribution in [0.2, 0.25) is 5.02 Å². The van der Waals surface area contributed by atoms with Crippen LogP contribution in [0.5, 0.6) is 5.75 Å². The number of urea groups is 1. The van der Waals surface area contributed by atoms with Crippen molar-refractivity contribution in [3.63, 3.8) is 0 Å². The van der Waals surface area contributed by atoms with Crippen molar-refractivity contribution in [2.24, 2.45) is 0 Å². The molecule has 2 aromatic carbocycles. The van der Waals surface area contributed by atoms with Gasteiger partial charge in [0.25, 0.3) is 17.5 Å². The number of benzene rings is 2. The van der Waals surface area contributed by atoms with Crippen molar-refractivity contribution in [3.8, 4) is 5.75 Å². The molecule has 7 nitrogen and oxygen atoms in total. The molecule has 0 aromatic heterocycles. The van der Waals surface area contributed by atoms with Gasteiger partial charge in [-0.1, -0.05) is 11.6 Å². The van der Waals surface area contributed by atoms with Gasteiger partial charge in [-0.15, -0.1) is 0 Å². The minimum atomic E-state index is -5.32. The Morgan fingerprint density at radius 2 is 1.69 bits per heavy atom. The van der Waals surface area contributed by atoms with Gasteiger partial charge < -0.3 is 10.1 Å². The molecule has 2 N–H and O–H groups in total. The van der Waals surface area contributed by atoms with Crippen molar-refractivity contribution in [2.45, 2.75) is 11.8 Å². The number of hydrogen-bond acceptors (Lipinski definition) is 4. The molecule has 2 aromatic rings. The van der Waals surface area contributed by atoms with Gasteiger partial charge >= 0.3 is 12.2 Å². The molecular formula is C18H13ClF3N3O4. The number of ether oxygens (including phenoxy) is 1. The van der Waals surface area contributed by atoms with Gasteiger partial charge in [0.1, 0.15) is 5.75 Å². The van der Waals surface area contributed by atoms with Crippen LogP contribution in [-0.2, 0) is 4.79 Å². The van der Waals surface area contributed by atoms with Gasteiger partial charge in [-0.05, 0) is 48.5 Å². The molecule has 0 aliphatic carbocycles. The second-order valence-electron chi connectivity index (χ2n) is 5.98. The van der Waals surface area contributed by atoms with Gasteiger partial charge in [0, 0.05) is 10.6 Å². The molecule has 0 unspecified atom stereocenters. The molecule has 0 saturated carbocycles. The molecule has 1 aliphatic rings. The molecule has 1 atom stereocenters. The smallest absolute Gasteiger partial charge is 0.440 e. The summed E-state index contributed by atoms with van der Waals surface area (Å²) in [6, 6.07) is 8.85. The fourth-order valence-electron chi connectivity index (χ4n) is 2.69. The van der Waals surface area contributed by atoms with Gasteiger partial charge in [-0.25, -0.2) is 9.69 Å². The molecule has 1 fully saturated rings. The standard InChI is InChI=1S/C18H13ClF3N3O4/c1-29-13-8-2-10(3-9-13)14(26)23-17(18(20,21)22)15(27)25(16(28)24-17)12-6-4-11(19)5-7-12/h2-9H,1H3,(H,23,26)(H,24,28)/t17-/m0/s1. The SMILES string of the molecule is COc1ccc(C(=O)N[C@]2(C(F)(F)F)NC(=O)N(c3ccc(Cl)cc3)C2=O)cc1. The average Bonchev–Trinajstić information content (AvgIpc) is 2.93. The maximum atomic E-state index is 13.9. The van der Waals surface area contributed by atoms with Crippen LogP contribution < -0.4 is 20.3 Å². The number of hydrogen-bond donors (Lipinski definition) is 2. The molecule has 152 valence electrons. The Balaban J connectivity index is 1.96. The number of nitrogens with zero attached hydrogens (tertiary/aromatic N) is 1. The summed E-state index contributed by atoms with van der Waals surface area (Å²) in [4.78, 5) is 37.6. The lowest BCUT2D eigenvalue weighted by Crippen LogP contribution is -2.69. The van der Waals surface area contributed by atoms with Crippen LogP contribution in [0.4, 0.5) is 23.7 Å². The maximum Gasteiger partial charge on any atom is 0.440 e. The molecular weight excluding hydrogens is 415 g/mol. The number of amides is 4. The number of carbonyl (C=O) groups is 3. The van der Waals surface area contributed by atoms with Crippen molar-refractivity contribution in [3.05, 3.63) is 59.1 Å². The zero-order valence-electron chi connectivity index (χ0n) is 14.7. The molecule has 11 heteroatoms. The summed E-state index contributed by atoms with van der Waals surface area (Å²) in [6.07, 6.45) is -5.32. The van der Waals surface area contributed by atoms with Gasteiger partial charge in [-0.3, -0.25) is 14.9 Å². The third-order valence-electron chi connectivity index (χ3n) is 4.18. The first kappa shape index (κ1) is 20.5. The molecule has 0 radical (unpaired) electrons. The maximum absolute atomic E-state index is 13.9. The lowest BCUT2D eigenvalue weighted by Gasteiger charge is -2.29. The zero-order chi connectivity index (χ0) is 21.4. The topological polar surface area (TPSA) is 87.7 Å². The number of nitrogens with one attached hydrogen (secondary N) is 2. The van der Waals surface area contributed by atoms with E-state index in [1.807, 2.05) is 0 Å². The Labute approximate surface area is 167 Å². The lowest BCUT2D eigenvalue weighted by atomic mass is 10.1. The second kappa shape index (κ2) is 7.28. The highest BCUT2D eigenvalue weighted by molar-refractivity contribution is 6.31. The van der Waals surface area contributed by atoms with E-state index in [2.05, 4.69) is 0 Å². The highest BCUT2D eigenvalue weighted by atomic mass is 35.5. The Hall–Kier alpha value is -3.27. The summed E-state index contributed by atoms with van der Waals surface area (Å²) < 4.78 is 46.5. The first-order chi connectivity index (χ1) is 13.6. The Morgan fingerprint density at radius 3 is 2.21 bits per heavy atom. The van der Waals surface area contributed by atoms with Crippen LogP contribution in [0.25, 0.3) is 0 Å². The molecule has 3 rings (SSSR count). The number of carbonyl (C=O) groups excluding carboxylic acids is 3. The molecule has 0 bridgehead atoms. The van der Waals surface area contributed by atoms with Crippen LogP contribution in [-0.4, -0.2) is 36.8 Å². The number of halogens is 4. The molecule has 4 amide bonds. The minimum Gasteiger partial charge on any atom is -0.497 e. The van der Waals surface area contributed by atoms with Gasteiger partial charge in [0.15, 0.2) is 0 Å². The van der Waals surface area contributed by atoms with Crippen LogP contribution in [0.15, 0.2) is 48.5 Å². The Bertz CT molecular complexity index is 964. The summed E-state index contributed by atoms with van der Waals surface area (Å²) in [5, 5.41) is 3.45. The van der Waals surface area contributed by atoms with E-state index in [4.69, 9.17) is 16.3 Å². The Morgan fingerprint density at radius 1 is 1.10 bits per heavy atom. The monoisotopic (exact) mass is 427 g/mol. The number of rotatable bonds is 4. The number of methoxy groups -OCH3 is 1. The number of anilines is 1. The number of alkyl halides is 3. The van der Waals surface area contributed by atoms with Gasteiger partial charge in [0.05, 0.1) is 12.8 Å². The summed E-state index contributed by atoms with van der Waals surface area (Å²) in [5.74, 6) is -2.53. The molecule has 0 spiro atoms. The van der Waals surface area contributed by atoms with Gasteiger partial charge in [-0.2, -0.15) is 13.2 Å². The zero-order valence-corrected chi connectivity index (χ0v) is 15.5. The quantitative estimate of drug-likeness (QED) is 0.734. The first-order valence-corrected chi connectivity index (χ1v) is 8.42. The fraction of sp³-hybridized carbons (Fsp3) is 0.167. The van der Waals surface area contributed by atoms with E-state index >= 15 is 0 Å². The van der Waals surface area contributed by atoms with Crippen molar-refractivity contribution in [2.75, 3.05) is 12.0 Å². The van der Waals surface area contributed by atoms with Crippen LogP contribution in [0.3, 0.4) is 0 Å². The largest absolute Gasteiger partial charge is 0.497 e. The van der Waals surface area contributed by atoms with Crippen molar-refractivity contribution >= 4 is 35.1 Å². The molecule has 29 heavy (non-hydrogen) atoms. The summed E-state index contributed by atoms with van der Waals surface area (Å²) in [6.45, 7) is 0. The van der Waals surface area contributed by atoms with E-state index in [1.165, 1.54) is 55.6 Å². The normalized spacial score (nSPS) is 19.1.